The summed E-state index contributed by atoms with van der Waals surface area (Å²) in [6.07, 6.45) is 3.51. The predicted octanol–water partition coefficient (Wildman–Crippen LogP) is 5.37. The average molecular weight is 438 g/mol. The molecule has 0 saturated carbocycles. The van der Waals surface area contributed by atoms with Crippen LogP contribution in [0.25, 0.3) is 22.6 Å². The van der Waals surface area contributed by atoms with Crippen molar-refractivity contribution in [2.75, 3.05) is 5.32 Å². The molecule has 5 rings (SSSR count). The second kappa shape index (κ2) is 8.95. The first-order chi connectivity index (χ1) is 15.8. The van der Waals surface area contributed by atoms with Gasteiger partial charge in [-0.2, -0.15) is 5.10 Å². The van der Waals surface area contributed by atoms with Crippen molar-refractivity contribution in [1.29, 1.82) is 0 Å². The topological polar surface area (TPSA) is 72.7 Å². The molecule has 0 radical (unpaired) electrons. The Labute approximate surface area is 189 Å². The molecule has 1 amide bonds. The van der Waals surface area contributed by atoms with Crippen molar-refractivity contribution in [3.05, 3.63) is 108 Å². The molecule has 6 nitrogen and oxygen atoms in total. The van der Waals surface area contributed by atoms with Crippen LogP contribution in [-0.2, 0) is 6.54 Å². The molecule has 32 heavy (non-hydrogen) atoms. The molecule has 156 valence electrons. The number of carbonyl (C=O) groups is 1. The van der Waals surface area contributed by atoms with Gasteiger partial charge in [0.05, 0.1) is 17.8 Å². The number of amides is 1. The molecule has 1 N–H and O–H groups in total. The van der Waals surface area contributed by atoms with Crippen LogP contribution >= 0.6 is 11.3 Å². The van der Waals surface area contributed by atoms with E-state index >= 15 is 0 Å². The molecule has 0 spiro atoms. The van der Waals surface area contributed by atoms with E-state index in [1.165, 1.54) is 11.3 Å². The number of carbonyl (C=O) groups excluding carboxylic acids is 1. The van der Waals surface area contributed by atoms with E-state index < -0.39 is 0 Å². The maximum atomic E-state index is 13.2. The Hall–Kier alpha value is -4.10. The van der Waals surface area contributed by atoms with Gasteiger partial charge >= 0.3 is 0 Å². The average Bonchev–Trinajstić information content (AvgIpc) is 3.48. The van der Waals surface area contributed by atoms with Crippen LogP contribution in [0.5, 0.6) is 0 Å². The molecule has 3 aromatic heterocycles. The molecule has 5 aromatic rings. The minimum atomic E-state index is -0.245. The summed E-state index contributed by atoms with van der Waals surface area (Å²) in [5, 5.41) is 10.0. The van der Waals surface area contributed by atoms with Crippen LogP contribution in [0.1, 0.15) is 15.9 Å². The molecule has 7 heteroatoms. The van der Waals surface area contributed by atoms with E-state index in [4.69, 9.17) is 5.10 Å². The molecular formula is C25H19N5OS. The van der Waals surface area contributed by atoms with Crippen LogP contribution in [0, 0.1) is 0 Å². The number of nitrogens with zero attached hydrogens (tertiary/aromatic N) is 4. The second-order valence-corrected chi connectivity index (χ2v) is 8.01. The van der Waals surface area contributed by atoms with Gasteiger partial charge in [0.2, 0.25) is 0 Å². The minimum absolute atomic E-state index is 0.245. The molecule has 0 aliphatic carbocycles. The van der Waals surface area contributed by atoms with Crippen LogP contribution in [0.2, 0.25) is 0 Å². The first-order valence-corrected chi connectivity index (χ1v) is 11.0. The Morgan fingerprint density at radius 1 is 0.906 bits per heavy atom. The summed E-state index contributed by atoms with van der Waals surface area (Å²) in [5.74, 6) is -0.245. The van der Waals surface area contributed by atoms with E-state index in [-0.39, 0.29) is 5.91 Å². The highest BCUT2D eigenvalue weighted by Gasteiger charge is 2.19. The summed E-state index contributed by atoms with van der Waals surface area (Å²) in [6.45, 7) is 0.578. The lowest BCUT2D eigenvalue weighted by molar-refractivity contribution is 0.102. The lowest BCUT2D eigenvalue weighted by Gasteiger charge is -2.02. The molecule has 0 bridgehead atoms. The number of pyridine rings is 1. The molecule has 3 heterocycles. The number of thiazole rings is 1. The largest absolute Gasteiger partial charge is 0.298 e. The summed E-state index contributed by atoms with van der Waals surface area (Å²) in [7, 11) is 0. The number of benzene rings is 2. The number of aromatic nitrogens is 4. The summed E-state index contributed by atoms with van der Waals surface area (Å²) in [6, 6.07) is 25.4. The highest BCUT2D eigenvalue weighted by Crippen LogP contribution is 2.26. The Morgan fingerprint density at radius 3 is 2.41 bits per heavy atom. The first-order valence-electron chi connectivity index (χ1n) is 10.1. The highest BCUT2D eigenvalue weighted by atomic mass is 32.1. The van der Waals surface area contributed by atoms with Crippen LogP contribution in [0.15, 0.2) is 96.6 Å². The molecule has 0 unspecified atom stereocenters. The van der Waals surface area contributed by atoms with Crippen molar-refractivity contribution in [1.82, 2.24) is 19.7 Å². The number of rotatable bonds is 6. The monoisotopic (exact) mass is 437 g/mol. The summed E-state index contributed by atoms with van der Waals surface area (Å²) in [5.41, 5.74) is 4.64. The van der Waals surface area contributed by atoms with Crippen molar-refractivity contribution < 1.29 is 4.79 Å². The van der Waals surface area contributed by atoms with E-state index in [1.54, 1.807) is 17.1 Å². The van der Waals surface area contributed by atoms with Gasteiger partial charge in [-0.3, -0.25) is 19.8 Å². The van der Waals surface area contributed by atoms with E-state index in [0.29, 0.717) is 22.9 Å². The number of anilines is 1. The molecule has 0 aliphatic heterocycles. The van der Waals surface area contributed by atoms with E-state index in [1.807, 2.05) is 84.2 Å². The third-order valence-electron chi connectivity index (χ3n) is 4.89. The van der Waals surface area contributed by atoms with Gasteiger partial charge in [0, 0.05) is 23.3 Å². The van der Waals surface area contributed by atoms with Crippen molar-refractivity contribution in [2.24, 2.45) is 0 Å². The Bertz CT molecular complexity index is 1330. The van der Waals surface area contributed by atoms with Gasteiger partial charge in [-0.25, -0.2) is 4.98 Å². The second-order valence-electron chi connectivity index (χ2n) is 7.15. The first kappa shape index (κ1) is 19.8. The highest BCUT2D eigenvalue weighted by molar-refractivity contribution is 7.14. The van der Waals surface area contributed by atoms with E-state index in [2.05, 4.69) is 15.3 Å². The summed E-state index contributed by atoms with van der Waals surface area (Å²) in [4.78, 5) is 22.0. The Morgan fingerprint density at radius 2 is 1.66 bits per heavy atom. The van der Waals surface area contributed by atoms with Crippen molar-refractivity contribution in [2.45, 2.75) is 6.54 Å². The van der Waals surface area contributed by atoms with Gasteiger partial charge in [-0.1, -0.05) is 66.7 Å². The van der Waals surface area contributed by atoms with E-state index in [9.17, 15) is 4.79 Å². The molecule has 0 saturated heterocycles. The maximum Gasteiger partial charge on any atom is 0.261 e. The molecule has 2 aromatic carbocycles. The zero-order chi connectivity index (χ0) is 21.8. The Balaban J connectivity index is 1.44. The van der Waals surface area contributed by atoms with Crippen LogP contribution < -0.4 is 5.32 Å². The standard InChI is InChI=1S/C25H19N5OS/c31-24(28-25-27-22(17-32-25)21-13-7-8-14-26-21)20-16-30(15-18-9-3-1-4-10-18)29-23(20)19-11-5-2-6-12-19/h1-14,16-17H,15H2,(H,27,28,31). The fourth-order valence-corrected chi connectivity index (χ4v) is 4.08. The molecule has 0 aliphatic rings. The summed E-state index contributed by atoms with van der Waals surface area (Å²) < 4.78 is 1.80. The van der Waals surface area contributed by atoms with Gasteiger partial charge in [0.15, 0.2) is 5.13 Å². The fraction of sp³-hybridized carbons (Fsp3) is 0.0400. The number of nitrogens with one attached hydrogen (secondary N) is 1. The third kappa shape index (κ3) is 4.33. The van der Waals surface area contributed by atoms with Gasteiger partial charge in [-0.15, -0.1) is 11.3 Å². The summed E-state index contributed by atoms with van der Waals surface area (Å²) >= 11 is 1.37. The maximum absolute atomic E-state index is 13.2. The lowest BCUT2D eigenvalue weighted by atomic mass is 10.1. The molecular weight excluding hydrogens is 418 g/mol. The minimum Gasteiger partial charge on any atom is -0.298 e. The SMILES string of the molecule is O=C(Nc1nc(-c2ccccn2)cs1)c1cn(Cc2ccccc2)nc1-c1ccccc1. The molecule has 0 atom stereocenters. The van der Waals surface area contributed by atoms with E-state index in [0.717, 1.165) is 22.5 Å². The third-order valence-corrected chi connectivity index (χ3v) is 5.65. The van der Waals surface area contributed by atoms with Crippen molar-refractivity contribution in [3.63, 3.8) is 0 Å². The number of hydrogen-bond donors (Lipinski definition) is 1. The lowest BCUT2D eigenvalue weighted by Crippen LogP contribution is -2.12. The molecule has 0 fully saturated rings. The van der Waals surface area contributed by atoms with Crippen molar-refractivity contribution in [3.8, 4) is 22.6 Å². The van der Waals surface area contributed by atoms with Gasteiger partial charge in [0.25, 0.3) is 5.91 Å². The predicted molar refractivity (Wildman–Crippen MR) is 127 cm³/mol. The van der Waals surface area contributed by atoms with Crippen molar-refractivity contribution >= 4 is 22.4 Å². The smallest absolute Gasteiger partial charge is 0.261 e. The fourth-order valence-electron chi connectivity index (χ4n) is 3.38. The van der Waals surface area contributed by atoms with Gasteiger partial charge in [0.1, 0.15) is 11.4 Å². The van der Waals surface area contributed by atoms with Gasteiger partial charge < -0.3 is 0 Å². The van der Waals surface area contributed by atoms with Crippen LogP contribution in [0.3, 0.4) is 0 Å². The Kier molecular flexibility index (Phi) is 5.55. The van der Waals surface area contributed by atoms with Crippen LogP contribution in [-0.4, -0.2) is 25.7 Å². The quantitative estimate of drug-likeness (QED) is 0.388. The zero-order valence-electron chi connectivity index (χ0n) is 17.1. The van der Waals surface area contributed by atoms with Crippen LogP contribution in [0.4, 0.5) is 5.13 Å². The normalized spacial score (nSPS) is 10.8. The van der Waals surface area contributed by atoms with Gasteiger partial charge in [-0.05, 0) is 17.7 Å². The zero-order valence-corrected chi connectivity index (χ0v) is 17.9. The number of hydrogen-bond acceptors (Lipinski definition) is 5.